The summed E-state index contributed by atoms with van der Waals surface area (Å²) in [5.41, 5.74) is 6.34. The number of primary amides is 1. The molecule has 0 bridgehead atoms. The zero-order valence-electron chi connectivity index (χ0n) is 9.79. The fraction of sp³-hybridized carbons (Fsp3) is 0.0769. The first-order chi connectivity index (χ1) is 8.70. The van der Waals surface area contributed by atoms with Crippen LogP contribution in [0.25, 0.3) is 11.3 Å². The van der Waals surface area contributed by atoms with E-state index in [1.54, 1.807) is 30.3 Å². The third kappa shape index (κ3) is 2.57. The molecule has 1 amide bonds. The van der Waals surface area contributed by atoms with Crippen LogP contribution in [0.2, 0.25) is 0 Å². The highest BCUT2D eigenvalue weighted by Crippen LogP contribution is 2.29. The Bertz CT molecular complexity index is 570. The smallest absolute Gasteiger partial charge is 0.409 e. The van der Waals surface area contributed by atoms with Gasteiger partial charge in [-0.2, -0.15) is 0 Å². The second kappa shape index (κ2) is 5.18. The summed E-state index contributed by atoms with van der Waals surface area (Å²) in [5, 5.41) is 0. The Morgan fingerprint density at radius 1 is 1.17 bits per heavy atom. The quantitative estimate of drug-likeness (QED) is 0.898. The highest BCUT2D eigenvalue weighted by Gasteiger charge is 2.09. The summed E-state index contributed by atoms with van der Waals surface area (Å²) >= 11 is 0. The van der Waals surface area contributed by atoms with Crippen molar-refractivity contribution in [2.45, 2.75) is 0 Å². The number of carbonyl (C=O) groups is 1. The zero-order chi connectivity index (χ0) is 13.0. The number of rotatable bonds is 3. The molecule has 5 heteroatoms. The number of pyridine rings is 1. The number of hydrogen-bond acceptors (Lipinski definition) is 4. The van der Waals surface area contributed by atoms with Crippen molar-refractivity contribution < 1.29 is 14.3 Å². The first-order valence-corrected chi connectivity index (χ1v) is 5.28. The lowest BCUT2D eigenvalue weighted by Crippen LogP contribution is -2.16. The van der Waals surface area contributed by atoms with Crippen LogP contribution in [0.1, 0.15) is 0 Å². The lowest BCUT2D eigenvalue weighted by Gasteiger charge is -2.08. The largest absolute Gasteiger partial charge is 0.481 e. The number of benzene rings is 1. The Kier molecular flexibility index (Phi) is 3.43. The van der Waals surface area contributed by atoms with Crippen LogP contribution in [-0.2, 0) is 0 Å². The molecule has 0 radical (unpaired) electrons. The molecule has 0 saturated carbocycles. The average molecular weight is 244 g/mol. The van der Waals surface area contributed by atoms with Crippen LogP contribution in [0.5, 0.6) is 11.6 Å². The van der Waals surface area contributed by atoms with Gasteiger partial charge in [-0.3, -0.25) is 0 Å². The SMILES string of the molecule is COc1cccc(-c2ccccc2OC(N)=O)n1. The van der Waals surface area contributed by atoms with E-state index >= 15 is 0 Å². The number of ether oxygens (including phenoxy) is 2. The molecular weight excluding hydrogens is 232 g/mol. The maximum absolute atomic E-state index is 10.8. The first-order valence-electron chi connectivity index (χ1n) is 5.28. The van der Waals surface area contributed by atoms with Crippen LogP contribution in [0, 0.1) is 0 Å². The molecule has 18 heavy (non-hydrogen) atoms. The maximum atomic E-state index is 10.8. The van der Waals surface area contributed by atoms with Crippen LogP contribution in [0.3, 0.4) is 0 Å². The van der Waals surface area contributed by atoms with E-state index in [0.717, 1.165) is 0 Å². The van der Waals surface area contributed by atoms with Gasteiger partial charge in [-0.1, -0.05) is 18.2 Å². The molecule has 0 aliphatic rings. The van der Waals surface area contributed by atoms with Gasteiger partial charge in [0.2, 0.25) is 5.88 Å². The highest BCUT2D eigenvalue weighted by molar-refractivity contribution is 5.74. The predicted molar refractivity (Wildman–Crippen MR) is 66.4 cm³/mol. The first kappa shape index (κ1) is 11.9. The molecule has 2 N–H and O–H groups in total. The Hall–Kier alpha value is -2.56. The van der Waals surface area contributed by atoms with Crippen LogP contribution in [0.4, 0.5) is 4.79 Å². The number of aromatic nitrogens is 1. The fourth-order valence-corrected chi connectivity index (χ4v) is 1.55. The van der Waals surface area contributed by atoms with Crippen molar-refractivity contribution in [1.82, 2.24) is 4.98 Å². The van der Waals surface area contributed by atoms with Gasteiger partial charge in [0.05, 0.1) is 12.8 Å². The van der Waals surface area contributed by atoms with Crippen molar-refractivity contribution in [3.05, 3.63) is 42.5 Å². The lowest BCUT2D eigenvalue weighted by molar-refractivity contribution is 0.211. The van der Waals surface area contributed by atoms with Gasteiger partial charge in [-0.05, 0) is 18.2 Å². The van der Waals surface area contributed by atoms with E-state index in [-0.39, 0.29) is 0 Å². The summed E-state index contributed by atoms with van der Waals surface area (Å²) in [6.07, 6.45) is -0.856. The summed E-state index contributed by atoms with van der Waals surface area (Å²) < 4.78 is 9.99. The summed E-state index contributed by atoms with van der Waals surface area (Å²) in [7, 11) is 1.54. The van der Waals surface area contributed by atoms with Crippen LogP contribution in [-0.4, -0.2) is 18.2 Å². The van der Waals surface area contributed by atoms with Crippen LogP contribution < -0.4 is 15.2 Å². The minimum atomic E-state index is -0.856. The van der Waals surface area contributed by atoms with Crippen molar-refractivity contribution in [3.63, 3.8) is 0 Å². The van der Waals surface area contributed by atoms with Crippen molar-refractivity contribution in [1.29, 1.82) is 0 Å². The topological polar surface area (TPSA) is 74.4 Å². The molecular formula is C13H12N2O3. The Morgan fingerprint density at radius 3 is 2.67 bits per heavy atom. The van der Waals surface area contributed by atoms with Gasteiger partial charge in [0.1, 0.15) is 5.75 Å². The summed E-state index contributed by atoms with van der Waals surface area (Å²) in [6, 6.07) is 12.4. The van der Waals surface area contributed by atoms with E-state index < -0.39 is 6.09 Å². The second-order valence-corrected chi connectivity index (χ2v) is 3.48. The molecule has 0 spiro atoms. The summed E-state index contributed by atoms with van der Waals surface area (Å²) in [6.45, 7) is 0. The minimum absolute atomic E-state index is 0.366. The highest BCUT2D eigenvalue weighted by atomic mass is 16.5. The normalized spacial score (nSPS) is 9.83. The Labute approximate surface area is 104 Å². The summed E-state index contributed by atoms with van der Waals surface area (Å²) in [4.78, 5) is 15.1. The Morgan fingerprint density at radius 2 is 1.94 bits per heavy atom. The van der Waals surface area contributed by atoms with E-state index in [2.05, 4.69) is 4.98 Å². The molecule has 0 fully saturated rings. The van der Waals surface area contributed by atoms with Crippen LogP contribution in [0.15, 0.2) is 42.5 Å². The molecule has 0 aliphatic heterocycles. The molecule has 0 unspecified atom stereocenters. The molecule has 1 aromatic carbocycles. The van der Waals surface area contributed by atoms with E-state index in [1.807, 2.05) is 12.1 Å². The number of hydrogen-bond donors (Lipinski definition) is 1. The molecule has 0 saturated heterocycles. The van der Waals surface area contributed by atoms with E-state index in [1.165, 1.54) is 7.11 Å². The van der Waals surface area contributed by atoms with Gasteiger partial charge in [-0.25, -0.2) is 9.78 Å². The molecule has 2 rings (SSSR count). The van der Waals surface area contributed by atoms with Gasteiger partial charge >= 0.3 is 6.09 Å². The van der Waals surface area contributed by atoms with Crippen molar-refractivity contribution in [3.8, 4) is 22.9 Å². The average Bonchev–Trinajstić information content (AvgIpc) is 2.39. The number of methoxy groups -OCH3 is 1. The molecule has 5 nitrogen and oxygen atoms in total. The molecule has 1 heterocycles. The number of amides is 1. The fourth-order valence-electron chi connectivity index (χ4n) is 1.55. The Balaban J connectivity index is 2.45. The third-order valence-electron chi connectivity index (χ3n) is 2.31. The van der Waals surface area contributed by atoms with E-state index in [9.17, 15) is 4.79 Å². The monoisotopic (exact) mass is 244 g/mol. The molecule has 92 valence electrons. The van der Waals surface area contributed by atoms with Gasteiger partial charge in [0, 0.05) is 11.6 Å². The van der Waals surface area contributed by atoms with Gasteiger partial charge in [-0.15, -0.1) is 0 Å². The van der Waals surface area contributed by atoms with Crippen molar-refractivity contribution in [2.75, 3.05) is 7.11 Å². The van der Waals surface area contributed by atoms with E-state index in [0.29, 0.717) is 22.9 Å². The lowest BCUT2D eigenvalue weighted by atomic mass is 10.1. The summed E-state index contributed by atoms with van der Waals surface area (Å²) in [5.74, 6) is 0.854. The zero-order valence-corrected chi connectivity index (χ0v) is 9.79. The van der Waals surface area contributed by atoms with E-state index in [4.69, 9.17) is 15.2 Å². The number of nitrogens with two attached hydrogens (primary N) is 1. The van der Waals surface area contributed by atoms with Gasteiger partial charge in [0.25, 0.3) is 0 Å². The third-order valence-corrected chi connectivity index (χ3v) is 2.31. The molecule has 1 aromatic heterocycles. The van der Waals surface area contributed by atoms with Gasteiger partial charge < -0.3 is 15.2 Å². The van der Waals surface area contributed by atoms with Gasteiger partial charge in [0.15, 0.2) is 0 Å². The predicted octanol–water partition coefficient (Wildman–Crippen LogP) is 2.21. The van der Waals surface area contributed by atoms with Crippen molar-refractivity contribution in [2.24, 2.45) is 5.73 Å². The van der Waals surface area contributed by atoms with Crippen LogP contribution >= 0.6 is 0 Å². The maximum Gasteiger partial charge on any atom is 0.409 e. The number of nitrogens with zero attached hydrogens (tertiary/aromatic N) is 1. The minimum Gasteiger partial charge on any atom is -0.481 e. The standard InChI is InChI=1S/C13H12N2O3/c1-17-12-8-4-6-10(15-12)9-5-2-3-7-11(9)18-13(14)16/h2-8H,1H3,(H2,14,16). The number of carbonyl (C=O) groups excluding carboxylic acids is 1. The molecule has 2 aromatic rings. The number of para-hydroxylation sites is 1. The molecule has 0 aliphatic carbocycles. The van der Waals surface area contributed by atoms with Crippen molar-refractivity contribution >= 4 is 6.09 Å². The second-order valence-electron chi connectivity index (χ2n) is 3.48. The molecule has 0 atom stereocenters.